The Morgan fingerprint density at radius 1 is 0.971 bits per heavy atom. The molecule has 170 valence electrons. The fourth-order valence-electron chi connectivity index (χ4n) is 4.58. The highest BCUT2D eigenvalue weighted by atomic mass is 16.5. The molecule has 6 nitrogen and oxygen atoms in total. The fourth-order valence-corrected chi connectivity index (χ4v) is 4.58. The van der Waals surface area contributed by atoms with Gasteiger partial charge in [-0.25, -0.2) is 0 Å². The van der Waals surface area contributed by atoms with E-state index in [1.165, 1.54) is 0 Å². The molecule has 2 heterocycles. The van der Waals surface area contributed by atoms with Gasteiger partial charge in [-0.05, 0) is 47.9 Å². The van der Waals surface area contributed by atoms with Crippen LogP contribution in [0.5, 0.6) is 5.75 Å². The minimum absolute atomic E-state index is 0.0975. The quantitative estimate of drug-likeness (QED) is 0.249. The molecule has 4 aromatic rings. The smallest absolute Gasteiger partial charge is 0.295 e. The zero-order valence-electron chi connectivity index (χ0n) is 18.7. The first-order valence-corrected chi connectivity index (χ1v) is 11.1. The Labute approximate surface area is 197 Å². The van der Waals surface area contributed by atoms with Crippen molar-refractivity contribution in [3.05, 3.63) is 107 Å². The second kappa shape index (κ2) is 8.90. The van der Waals surface area contributed by atoms with Crippen LogP contribution in [0.3, 0.4) is 0 Å². The van der Waals surface area contributed by atoms with Gasteiger partial charge in [0, 0.05) is 29.2 Å². The average molecular weight is 453 g/mol. The number of amides is 1. The first kappa shape index (κ1) is 21.5. The van der Waals surface area contributed by atoms with Gasteiger partial charge in [-0.15, -0.1) is 0 Å². The summed E-state index contributed by atoms with van der Waals surface area (Å²) in [5.74, 6) is -0.843. The maximum absolute atomic E-state index is 13.2. The Morgan fingerprint density at radius 3 is 2.41 bits per heavy atom. The molecule has 6 heteroatoms. The van der Waals surface area contributed by atoms with E-state index in [0.29, 0.717) is 24.3 Å². The predicted octanol–water partition coefficient (Wildman–Crippen LogP) is 4.84. The number of fused-ring (bicyclic) bond motifs is 1. The van der Waals surface area contributed by atoms with Crippen molar-refractivity contribution in [2.75, 3.05) is 13.7 Å². The van der Waals surface area contributed by atoms with E-state index < -0.39 is 17.7 Å². The highest BCUT2D eigenvalue weighted by molar-refractivity contribution is 6.46. The Bertz CT molecular complexity index is 1390. The first-order chi connectivity index (χ1) is 16.6. The SMILES string of the molecule is COc1ccc(C(O)=C2C(=O)C(=O)N(CCc3c[nH]c4ccccc34)C2c2ccccc2)cc1. The van der Waals surface area contributed by atoms with Crippen LogP contribution < -0.4 is 4.74 Å². The van der Waals surface area contributed by atoms with Gasteiger partial charge in [-0.2, -0.15) is 0 Å². The number of ether oxygens (including phenoxy) is 1. The predicted molar refractivity (Wildman–Crippen MR) is 130 cm³/mol. The van der Waals surface area contributed by atoms with Gasteiger partial charge in [0.15, 0.2) is 0 Å². The highest BCUT2D eigenvalue weighted by Crippen LogP contribution is 2.39. The molecule has 1 atom stereocenters. The molecule has 3 aromatic carbocycles. The van der Waals surface area contributed by atoms with Crippen molar-refractivity contribution in [3.8, 4) is 5.75 Å². The summed E-state index contributed by atoms with van der Waals surface area (Å²) < 4.78 is 5.19. The van der Waals surface area contributed by atoms with Gasteiger partial charge in [0.05, 0.1) is 18.7 Å². The van der Waals surface area contributed by atoms with E-state index in [9.17, 15) is 14.7 Å². The van der Waals surface area contributed by atoms with Gasteiger partial charge in [0.1, 0.15) is 11.5 Å². The van der Waals surface area contributed by atoms with E-state index >= 15 is 0 Å². The third-order valence-electron chi connectivity index (χ3n) is 6.32. The monoisotopic (exact) mass is 452 g/mol. The highest BCUT2D eigenvalue weighted by Gasteiger charge is 2.45. The lowest BCUT2D eigenvalue weighted by atomic mass is 9.95. The summed E-state index contributed by atoms with van der Waals surface area (Å²) in [6, 6.07) is 23.4. The number of likely N-dealkylation sites (tertiary alicyclic amines) is 1. The van der Waals surface area contributed by atoms with Crippen molar-refractivity contribution in [2.24, 2.45) is 0 Å². The normalized spacial score (nSPS) is 17.4. The summed E-state index contributed by atoms with van der Waals surface area (Å²) in [4.78, 5) is 31.2. The molecule has 1 aliphatic rings. The van der Waals surface area contributed by atoms with Crippen LogP contribution in [0.1, 0.15) is 22.7 Å². The number of aromatic amines is 1. The number of rotatable bonds is 6. The van der Waals surface area contributed by atoms with E-state index in [-0.39, 0.29) is 11.3 Å². The minimum Gasteiger partial charge on any atom is -0.507 e. The van der Waals surface area contributed by atoms with Crippen LogP contribution in [0.25, 0.3) is 16.7 Å². The number of H-pyrrole nitrogens is 1. The number of hydrogen-bond donors (Lipinski definition) is 2. The molecule has 0 spiro atoms. The van der Waals surface area contributed by atoms with Crippen LogP contribution in [0.15, 0.2) is 90.6 Å². The number of nitrogens with one attached hydrogen (secondary N) is 1. The Hall–Kier alpha value is -4.32. The number of nitrogens with zero attached hydrogens (tertiary/aromatic N) is 1. The third kappa shape index (κ3) is 3.73. The lowest BCUT2D eigenvalue weighted by molar-refractivity contribution is -0.139. The van der Waals surface area contributed by atoms with E-state index in [4.69, 9.17) is 4.74 Å². The van der Waals surface area contributed by atoms with Gasteiger partial charge in [-0.3, -0.25) is 9.59 Å². The number of carbonyl (C=O) groups is 2. The molecule has 0 bridgehead atoms. The number of carbonyl (C=O) groups excluding carboxylic acids is 2. The Balaban J connectivity index is 1.54. The van der Waals surface area contributed by atoms with Crippen molar-refractivity contribution < 1.29 is 19.4 Å². The zero-order chi connectivity index (χ0) is 23.7. The fraction of sp³-hybridized carbons (Fsp3) is 0.143. The van der Waals surface area contributed by atoms with Crippen LogP contribution in [0.2, 0.25) is 0 Å². The molecule has 2 N–H and O–H groups in total. The molecule has 1 aliphatic heterocycles. The number of Topliss-reactive ketones (excluding diaryl/α,β-unsaturated/α-hetero) is 1. The van der Waals surface area contributed by atoms with Gasteiger partial charge in [0.2, 0.25) is 0 Å². The number of methoxy groups -OCH3 is 1. The van der Waals surface area contributed by atoms with E-state index in [1.54, 1.807) is 36.3 Å². The summed E-state index contributed by atoms with van der Waals surface area (Å²) >= 11 is 0. The topological polar surface area (TPSA) is 82.6 Å². The molecular formula is C28H24N2O4. The minimum atomic E-state index is -0.680. The van der Waals surface area contributed by atoms with Crippen LogP contribution >= 0.6 is 0 Å². The molecular weight excluding hydrogens is 428 g/mol. The molecule has 1 aromatic heterocycles. The largest absolute Gasteiger partial charge is 0.507 e. The van der Waals surface area contributed by atoms with Gasteiger partial charge in [0.25, 0.3) is 11.7 Å². The van der Waals surface area contributed by atoms with Gasteiger partial charge in [-0.1, -0.05) is 48.5 Å². The second-order valence-electron chi connectivity index (χ2n) is 8.24. The van der Waals surface area contributed by atoms with Crippen molar-refractivity contribution in [3.63, 3.8) is 0 Å². The van der Waals surface area contributed by atoms with Crippen LogP contribution in [0.4, 0.5) is 0 Å². The molecule has 0 saturated carbocycles. The van der Waals surface area contributed by atoms with Crippen molar-refractivity contribution in [2.45, 2.75) is 12.5 Å². The number of benzene rings is 3. The number of aliphatic hydroxyl groups is 1. The van der Waals surface area contributed by atoms with Crippen molar-refractivity contribution in [1.82, 2.24) is 9.88 Å². The van der Waals surface area contributed by atoms with Crippen molar-refractivity contribution in [1.29, 1.82) is 0 Å². The molecule has 0 aliphatic carbocycles. The van der Waals surface area contributed by atoms with Gasteiger partial charge >= 0.3 is 0 Å². The number of hydrogen-bond acceptors (Lipinski definition) is 4. The van der Waals surface area contributed by atoms with Crippen molar-refractivity contribution >= 4 is 28.4 Å². The lowest BCUT2D eigenvalue weighted by Crippen LogP contribution is -2.31. The summed E-state index contributed by atoms with van der Waals surface area (Å²) in [5, 5.41) is 12.2. The summed E-state index contributed by atoms with van der Waals surface area (Å²) in [7, 11) is 1.56. The number of aromatic nitrogens is 1. The number of para-hydroxylation sites is 1. The summed E-state index contributed by atoms with van der Waals surface area (Å²) in [6.45, 7) is 0.339. The molecule has 1 unspecified atom stereocenters. The van der Waals surface area contributed by atoms with E-state index in [0.717, 1.165) is 22.0 Å². The Morgan fingerprint density at radius 2 is 1.68 bits per heavy atom. The average Bonchev–Trinajstić information content (AvgIpc) is 3.41. The summed E-state index contributed by atoms with van der Waals surface area (Å²) in [5.41, 5.74) is 3.42. The summed E-state index contributed by atoms with van der Waals surface area (Å²) in [6.07, 6.45) is 2.51. The molecule has 1 amide bonds. The van der Waals surface area contributed by atoms with Crippen LogP contribution in [-0.2, 0) is 16.0 Å². The number of aliphatic hydroxyl groups excluding tert-OH is 1. The molecule has 1 fully saturated rings. The van der Waals surface area contributed by atoms with Crippen LogP contribution in [0, 0.1) is 0 Å². The molecule has 1 saturated heterocycles. The molecule has 0 radical (unpaired) electrons. The van der Waals surface area contributed by atoms with E-state index in [2.05, 4.69) is 4.98 Å². The van der Waals surface area contributed by atoms with Gasteiger partial charge < -0.3 is 19.7 Å². The molecule has 5 rings (SSSR count). The standard InChI is InChI=1S/C28H24N2O4/c1-34-21-13-11-19(12-14-21)26(31)24-25(18-7-3-2-4-8-18)30(28(33)27(24)32)16-15-20-17-29-23-10-6-5-9-22(20)23/h2-14,17,25,29,31H,15-16H2,1H3. The number of ketones is 1. The Kier molecular flexibility index (Phi) is 5.64. The van der Waals surface area contributed by atoms with Crippen LogP contribution in [-0.4, -0.2) is 40.3 Å². The first-order valence-electron chi connectivity index (χ1n) is 11.1. The third-order valence-corrected chi connectivity index (χ3v) is 6.32. The molecule has 34 heavy (non-hydrogen) atoms. The maximum Gasteiger partial charge on any atom is 0.295 e. The van der Waals surface area contributed by atoms with E-state index in [1.807, 2.05) is 60.8 Å². The lowest BCUT2D eigenvalue weighted by Gasteiger charge is -2.25. The zero-order valence-corrected chi connectivity index (χ0v) is 18.7. The maximum atomic E-state index is 13.2. The second-order valence-corrected chi connectivity index (χ2v) is 8.24.